The Morgan fingerprint density at radius 1 is 0.968 bits per heavy atom. The molecule has 0 aliphatic carbocycles. The van der Waals surface area contributed by atoms with Crippen LogP contribution in [-0.4, -0.2) is 29.5 Å². The van der Waals surface area contributed by atoms with E-state index in [0.717, 1.165) is 11.1 Å². The van der Waals surface area contributed by atoms with Gasteiger partial charge in [0.1, 0.15) is 18.2 Å². The molecule has 1 N–H and O–H groups in total. The molecular formula is C25H29NO5. The molecule has 1 amide bonds. The van der Waals surface area contributed by atoms with Gasteiger partial charge in [-0.25, -0.2) is 9.59 Å². The van der Waals surface area contributed by atoms with E-state index in [1.165, 1.54) is 13.0 Å². The number of ether oxygens (including phenoxy) is 2. The van der Waals surface area contributed by atoms with E-state index in [1.807, 2.05) is 60.7 Å². The second-order valence-corrected chi connectivity index (χ2v) is 8.14. The summed E-state index contributed by atoms with van der Waals surface area (Å²) in [6, 6.07) is 17.5. The first kappa shape index (κ1) is 23.9. The summed E-state index contributed by atoms with van der Waals surface area (Å²) in [5.41, 5.74) is 1.50. The van der Waals surface area contributed by atoms with Crippen LogP contribution in [0.15, 0.2) is 66.7 Å². The minimum Gasteiger partial charge on any atom is -0.459 e. The monoisotopic (exact) mass is 423 g/mol. The molecule has 31 heavy (non-hydrogen) atoms. The van der Waals surface area contributed by atoms with Gasteiger partial charge in [-0.15, -0.1) is 0 Å². The fourth-order valence-corrected chi connectivity index (χ4v) is 2.85. The topological polar surface area (TPSA) is 81.7 Å². The molecule has 0 fully saturated rings. The average Bonchev–Trinajstić information content (AvgIpc) is 2.70. The van der Waals surface area contributed by atoms with Crippen LogP contribution in [0.2, 0.25) is 0 Å². The van der Waals surface area contributed by atoms with Gasteiger partial charge in [0.15, 0.2) is 5.78 Å². The van der Waals surface area contributed by atoms with Crippen LogP contribution in [-0.2, 0) is 25.7 Å². The van der Waals surface area contributed by atoms with E-state index in [0.29, 0.717) is 5.57 Å². The van der Waals surface area contributed by atoms with Crippen LogP contribution in [0.5, 0.6) is 0 Å². The molecule has 6 heteroatoms. The van der Waals surface area contributed by atoms with Crippen molar-refractivity contribution in [3.63, 3.8) is 0 Å². The van der Waals surface area contributed by atoms with Crippen molar-refractivity contribution in [3.05, 3.63) is 77.9 Å². The van der Waals surface area contributed by atoms with Crippen molar-refractivity contribution in [1.29, 1.82) is 0 Å². The molecule has 0 unspecified atom stereocenters. The normalized spacial score (nSPS) is 12.6. The zero-order chi connectivity index (χ0) is 22.9. The molecule has 1 atom stereocenters. The molecule has 0 aliphatic rings. The molecule has 0 saturated carbocycles. The number of amides is 1. The second kappa shape index (κ2) is 11.1. The summed E-state index contributed by atoms with van der Waals surface area (Å²) in [6.07, 6.45) is 0.810. The molecule has 2 aromatic carbocycles. The van der Waals surface area contributed by atoms with Gasteiger partial charge < -0.3 is 14.8 Å². The Labute approximate surface area is 183 Å². The average molecular weight is 424 g/mol. The number of allylic oxidation sites excluding steroid dienone is 1. The standard InChI is InChI=1S/C25H29NO5/c1-18(27)15-21(20-13-9-6-10-14-20)16-22(26-24(29)31-25(2,3)4)23(28)30-17-19-11-7-5-8-12-19/h5-15,22H,16-17H2,1-4H3,(H,26,29)/b21-15-/t22-/m0/s1. The Kier molecular flexibility index (Phi) is 8.55. The van der Waals surface area contributed by atoms with E-state index in [1.54, 1.807) is 20.8 Å². The van der Waals surface area contributed by atoms with E-state index in [2.05, 4.69) is 5.32 Å². The Bertz CT molecular complexity index is 914. The molecule has 164 valence electrons. The predicted molar refractivity (Wildman–Crippen MR) is 119 cm³/mol. The summed E-state index contributed by atoms with van der Waals surface area (Å²) in [5.74, 6) is -0.771. The van der Waals surface area contributed by atoms with Crippen LogP contribution in [0.25, 0.3) is 5.57 Å². The number of ketones is 1. The first-order valence-electron chi connectivity index (χ1n) is 10.1. The van der Waals surface area contributed by atoms with E-state index in [-0.39, 0.29) is 18.8 Å². The highest BCUT2D eigenvalue weighted by Gasteiger charge is 2.27. The van der Waals surface area contributed by atoms with Gasteiger partial charge in [0, 0.05) is 6.42 Å². The van der Waals surface area contributed by atoms with E-state index >= 15 is 0 Å². The number of hydrogen-bond acceptors (Lipinski definition) is 5. The second-order valence-electron chi connectivity index (χ2n) is 8.14. The van der Waals surface area contributed by atoms with E-state index in [9.17, 15) is 14.4 Å². The number of alkyl carbamates (subject to hydrolysis) is 1. The highest BCUT2D eigenvalue weighted by atomic mass is 16.6. The maximum Gasteiger partial charge on any atom is 0.408 e. The van der Waals surface area contributed by atoms with Crippen LogP contribution < -0.4 is 5.32 Å². The molecule has 0 aliphatic heterocycles. The van der Waals surface area contributed by atoms with Crippen molar-refractivity contribution in [1.82, 2.24) is 5.32 Å². The molecule has 0 bridgehead atoms. The Morgan fingerprint density at radius 3 is 2.10 bits per heavy atom. The van der Waals surface area contributed by atoms with Gasteiger partial charge in [0.2, 0.25) is 0 Å². The summed E-state index contributed by atoms with van der Waals surface area (Å²) in [5, 5.41) is 2.60. The van der Waals surface area contributed by atoms with Crippen molar-refractivity contribution in [2.75, 3.05) is 0 Å². The molecule has 0 radical (unpaired) electrons. The molecule has 0 spiro atoms. The lowest BCUT2D eigenvalue weighted by atomic mass is 9.97. The van der Waals surface area contributed by atoms with E-state index in [4.69, 9.17) is 9.47 Å². The van der Waals surface area contributed by atoms with Crippen LogP contribution in [0.4, 0.5) is 4.79 Å². The van der Waals surface area contributed by atoms with Crippen molar-refractivity contribution in [2.45, 2.75) is 52.4 Å². The first-order valence-corrected chi connectivity index (χ1v) is 10.1. The third-order valence-electron chi connectivity index (χ3n) is 4.15. The van der Waals surface area contributed by atoms with Crippen molar-refractivity contribution in [3.8, 4) is 0 Å². The number of carbonyl (C=O) groups is 3. The molecular weight excluding hydrogens is 394 g/mol. The number of nitrogens with one attached hydrogen (secondary N) is 1. The highest BCUT2D eigenvalue weighted by molar-refractivity contribution is 5.96. The SMILES string of the molecule is CC(=O)/C=C(/C[C@H](NC(=O)OC(C)(C)C)C(=O)OCc1ccccc1)c1ccccc1. The lowest BCUT2D eigenvalue weighted by Crippen LogP contribution is -2.44. The zero-order valence-electron chi connectivity index (χ0n) is 18.4. The molecule has 2 rings (SSSR count). The maximum atomic E-state index is 12.9. The van der Waals surface area contributed by atoms with Gasteiger partial charge in [-0.2, -0.15) is 0 Å². The third kappa shape index (κ3) is 8.86. The molecule has 0 aromatic heterocycles. The summed E-state index contributed by atoms with van der Waals surface area (Å²) in [7, 11) is 0. The van der Waals surface area contributed by atoms with Crippen molar-refractivity contribution >= 4 is 23.4 Å². The molecule has 2 aromatic rings. The molecule has 0 saturated heterocycles. The first-order chi connectivity index (χ1) is 14.6. The fourth-order valence-electron chi connectivity index (χ4n) is 2.85. The minimum atomic E-state index is -1.02. The number of benzene rings is 2. The molecule has 0 heterocycles. The zero-order valence-corrected chi connectivity index (χ0v) is 18.4. The number of carbonyl (C=O) groups excluding carboxylic acids is 3. The number of rotatable bonds is 8. The fraction of sp³-hybridized carbons (Fsp3) is 0.320. The van der Waals surface area contributed by atoms with Crippen molar-refractivity contribution < 1.29 is 23.9 Å². The lowest BCUT2D eigenvalue weighted by Gasteiger charge is -2.23. The number of esters is 1. The van der Waals surface area contributed by atoms with Gasteiger partial charge in [0.25, 0.3) is 0 Å². The summed E-state index contributed by atoms with van der Waals surface area (Å²) in [6.45, 7) is 6.72. The summed E-state index contributed by atoms with van der Waals surface area (Å²) < 4.78 is 10.7. The Hall–Kier alpha value is -3.41. The van der Waals surface area contributed by atoms with Gasteiger partial charge in [-0.05, 0) is 50.5 Å². The summed E-state index contributed by atoms with van der Waals surface area (Å²) >= 11 is 0. The van der Waals surface area contributed by atoms with Crippen LogP contribution in [0, 0.1) is 0 Å². The largest absolute Gasteiger partial charge is 0.459 e. The Balaban J connectivity index is 2.23. The third-order valence-corrected chi connectivity index (χ3v) is 4.15. The lowest BCUT2D eigenvalue weighted by molar-refractivity contribution is -0.147. The van der Waals surface area contributed by atoms with Crippen LogP contribution in [0.1, 0.15) is 45.2 Å². The minimum absolute atomic E-state index is 0.0727. The van der Waals surface area contributed by atoms with Gasteiger partial charge in [-0.3, -0.25) is 4.79 Å². The smallest absolute Gasteiger partial charge is 0.408 e. The predicted octanol–water partition coefficient (Wildman–Crippen LogP) is 4.69. The summed E-state index contributed by atoms with van der Waals surface area (Å²) in [4.78, 5) is 37.0. The molecule has 6 nitrogen and oxygen atoms in total. The van der Waals surface area contributed by atoms with E-state index < -0.39 is 23.7 Å². The maximum absolute atomic E-state index is 12.9. The number of hydrogen-bond donors (Lipinski definition) is 1. The van der Waals surface area contributed by atoms with Crippen LogP contribution in [0.3, 0.4) is 0 Å². The highest BCUT2D eigenvalue weighted by Crippen LogP contribution is 2.21. The van der Waals surface area contributed by atoms with Gasteiger partial charge in [-0.1, -0.05) is 60.7 Å². The van der Waals surface area contributed by atoms with Crippen molar-refractivity contribution in [2.24, 2.45) is 0 Å². The van der Waals surface area contributed by atoms with Gasteiger partial charge >= 0.3 is 12.1 Å². The quantitative estimate of drug-likeness (QED) is 0.492. The Morgan fingerprint density at radius 2 is 1.55 bits per heavy atom. The van der Waals surface area contributed by atoms with Crippen LogP contribution >= 0.6 is 0 Å². The van der Waals surface area contributed by atoms with Gasteiger partial charge in [0.05, 0.1) is 0 Å².